The van der Waals surface area contributed by atoms with Crippen molar-refractivity contribution in [3.8, 4) is 0 Å². The molecule has 0 aliphatic carbocycles. The molecule has 0 aliphatic heterocycles. The Morgan fingerprint density at radius 1 is 1.26 bits per heavy atom. The van der Waals surface area contributed by atoms with Crippen LogP contribution in [0.3, 0.4) is 0 Å². The van der Waals surface area contributed by atoms with Crippen LogP contribution in [-0.2, 0) is 4.79 Å². The maximum absolute atomic E-state index is 12.0. The molecule has 0 aliphatic rings. The summed E-state index contributed by atoms with van der Waals surface area (Å²) in [5.41, 5.74) is 2.58. The fourth-order valence-electron chi connectivity index (χ4n) is 2.35. The van der Waals surface area contributed by atoms with E-state index in [1.54, 1.807) is 25.1 Å². The fourth-order valence-corrected chi connectivity index (χ4v) is 2.35. The summed E-state index contributed by atoms with van der Waals surface area (Å²) in [7, 11) is 0. The van der Waals surface area contributed by atoms with Crippen LogP contribution in [-0.4, -0.2) is 22.1 Å². The van der Waals surface area contributed by atoms with E-state index in [0.717, 1.165) is 16.8 Å². The Morgan fingerprint density at radius 2 is 1.91 bits per heavy atom. The fraction of sp³-hybridized carbons (Fsp3) is 0.235. The standard InChI is InChI=1S/C17H18N2O4/c1-10(16-11(2)19-23-12(16)3)18-15(20)9-6-13-4-7-14(8-5-13)17(21)22/h4-10H,1-3H3,(H,18,20)(H,21,22)/b9-6+/t10-/m0/s1. The number of hydrogen-bond acceptors (Lipinski definition) is 4. The molecule has 6 heteroatoms. The van der Waals surface area contributed by atoms with Crippen molar-refractivity contribution in [3.63, 3.8) is 0 Å². The summed E-state index contributed by atoms with van der Waals surface area (Å²) < 4.78 is 5.09. The van der Waals surface area contributed by atoms with Gasteiger partial charge in [0.05, 0.1) is 17.3 Å². The number of rotatable bonds is 5. The summed E-state index contributed by atoms with van der Waals surface area (Å²) in [5.74, 6) is -0.546. The van der Waals surface area contributed by atoms with Gasteiger partial charge in [0.25, 0.3) is 0 Å². The zero-order valence-electron chi connectivity index (χ0n) is 13.2. The van der Waals surface area contributed by atoms with E-state index in [1.165, 1.54) is 18.2 Å². The van der Waals surface area contributed by atoms with Gasteiger partial charge in [0.1, 0.15) is 5.76 Å². The Morgan fingerprint density at radius 3 is 2.43 bits per heavy atom. The van der Waals surface area contributed by atoms with E-state index in [-0.39, 0.29) is 17.5 Å². The Balaban J connectivity index is 2.00. The summed E-state index contributed by atoms with van der Waals surface area (Å²) in [4.78, 5) is 22.7. The van der Waals surface area contributed by atoms with E-state index in [0.29, 0.717) is 5.76 Å². The Labute approximate surface area is 133 Å². The molecule has 2 aromatic rings. The van der Waals surface area contributed by atoms with E-state index < -0.39 is 5.97 Å². The van der Waals surface area contributed by atoms with Gasteiger partial charge in [-0.15, -0.1) is 0 Å². The van der Waals surface area contributed by atoms with Gasteiger partial charge in [-0.2, -0.15) is 0 Å². The SMILES string of the molecule is Cc1noc(C)c1[C@H](C)NC(=O)/C=C/c1ccc(C(=O)O)cc1. The second kappa shape index (κ2) is 6.91. The third-order valence-electron chi connectivity index (χ3n) is 3.47. The monoisotopic (exact) mass is 314 g/mol. The molecule has 1 aromatic carbocycles. The van der Waals surface area contributed by atoms with E-state index in [4.69, 9.17) is 9.63 Å². The first kappa shape index (κ1) is 16.5. The largest absolute Gasteiger partial charge is 0.478 e. The van der Waals surface area contributed by atoms with Crippen LogP contribution in [0.15, 0.2) is 34.9 Å². The molecule has 6 nitrogen and oxygen atoms in total. The number of hydrogen-bond donors (Lipinski definition) is 2. The molecular formula is C17H18N2O4. The molecule has 1 atom stereocenters. The molecule has 0 unspecified atom stereocenters. The quantitative estimate of drug-likeness (QED) is 0.828. The van der Waals surface area contributed by atoms with Gasteiger partial charge in [0.15, 0.2) is 0 Å². The average molecular weight is 314 g/mol. The average Bonchev–Trinajstić information content (AvgIpc) is 2.84. The molecular weight excluding hydrogens is 296 g/mol. The molecule has 1 amide bonds. The van der Waals surface area contributed by atoms with Gasteiger partial charge in [-0.05, 0) is 44.5 Å². The van der Waals surface area contributed by atoms with E-state index in [9.17, 15) is 9.59 Å². The molecule has 0 spiro atoms. The van der Waals surface area contributed by atoms with E-state index in [1.807, 2.05) is 13.8 Å². The van der Waals surface area contributed by atoms with Crippen LogP contribution >= 0.6 is 0 Å². The maximum atomic E-state index is 12.0. The predicted molar refractivity (Wildman–Crippen MR) is 85.0 cm³/mol. The summed E-state index contributed by atoms with van der Waals surface area (Å²) in [5, 5.41) is 15.5. The molecule has 1 aromatic heterocycles. The second-order valence-corrected chi connectivity index (χ2v) is 5.23. The number of nitrogens with one attached hydrogen (secondary N) is 1. The number of carboxylic acids is 1. The van der Waals surface area contributed by atoms with Crippen LogP contribution in [0.4, 0.5) is 0 Å². The summed E-state index contributed by atoms with van der Waals surface area (Å²) in [6.45, 7) is 5.49. The van der Waals surface area contributed by atoms with Gasteiger partial charge < -0.3 is 14.9 Å². The van der Waals surface area contributed by atoms with Gasteiger partial charge in [-0.1, -0.05) is 17.3 Å². The van der Waals surface area contributed by atoms with Gasteiger partial charge in [0.2, 0.25) is 5.91 Å². The van der Waals surface area contributed by atoms with Gasteiger partial charge in [-0.25, -0.2) is 4.79 Å². The zero-order chi connectivity index (χ0) is 17.0. The number of amides is 1. The third kappa shape index (κ3) is 4.06. The summed E-state index contributed by atoms with van der Waals surface area (Å²) in [6, 6.07) is 6.06. The lowest BCUT2D eigenvalue weighted by atomic mass is 10.1. The molecule has 0 saturated carbocycles. The van der Waals surface area contributed by atoms with Crippen molar-refractivity contribution in [2.24, 2.45) is 0 Å². The van der Waals surface area contributed by atoms with E-state index >= 15 is 0 Å². The lowest BCUT2D eigenvalue weighted by Gasteiger charge is -2.11. The van der Waals surface area contributed by atoms with Gasteiger partial charge >= 0.3 is 5.97 Å². The van der Waals surface area contributed by atoms with Crippen molar-refractivity contribution < 1.29 is 19.2 Å². The Bertz CT molecular complexity index is 725. The van der Waals surface area contributed by atoms with Crippen LogP contribution in [0.2, 0.25) is 0 Å². The molecule has 23 heavy (non-hydrogen) atoms. The van der Waals surface area contributed by atoms with E-state index in [2.05, 4.69) is 10.5 Å². The molecule has 0 bridgehead atoms. The topological polar surface area (TPSA) is 92.4 Å². The van der Waals surface area contributed by atoms with Gasteiger partial charge in [0, 0.05) is 11.6 Å². The minimum absolute atomic E-state index is 0.207. The molecule has 120 valence electrons. The number of nitrogens with zero attached hydrogens (tertiary/aromatic N) is 1. The Kier molecular flexibility index (Phi) is 4.95. The van der Waals surface area contributed by atoms with Crippen molar-refractivity contribution in [1.29, 1.82) is 0 Å². The second-order valence-electron chi connectivity index (χ2n) is 5.23. The summed E-state index contributed by atoms with van der Waals surface area (Å²) in [6.07, 6.45) is 3.03. The first-order valence-electron chi connectivity index (χ1n) is 7.13. The number of aromatic nitrogens is 1. The lowest BCUT2D eigenvalue weighted by molar-refractivity contribution is -0.117. The number of benzene rings is 1. The zero-order valence-corrected chi connectivity index (χ0v) is 13.2. The first-order valence-corrected chi connectivity index (χ1v) is 7.13. The number of aryl methyl sites for hydroxylation is 2. The van der Waals surface area contributed by atoms with Crippen molar-refractivity contribution in [3.05, 3.63) is 58.5 Å². The van der Waals surface area contributed by atoms with Crippen LogP contribution < -0.4 is 5.32 Å². The van der Waals surface area contributed by atoms with Crippen LogP contribution in [0.1, 0.15) is 45.9 Å². The van der Waals surface area contributed by atoms with Crippen LogP contribution in [0.25, 0.3) is 6.08 Å². The van der Waals surface area contributed by atoms with Crippen LogP contribution in [0, 0.1) is 13.8 Å². The normalized spacial score (nSPS) is 12.3. The van der Waals surface area contributed by atoms with Gasteiger partial charge in [-0.3, -0.25) is 4.79 Å². The third-order valence-corrected chi connectivity index (χ3v) is 3.47. The highest BCUT2D eigenvalue weighted by Gasteiger charge is 2.17. The molecule has 1 heterocycles. The summed E-state index contributed by atoms with van der Waals surface area (Å²) >= 11 is 0. The number of aromatic carboxylic acids is 1. The van der Waals surface area contributed by atoms with Crippen molar-refractivity contribution in [2.45, 2.75) is 26.8 Å². The molecule has 2 N–H and O–H groups in total. The van der Waals surface area contributed by atoms with Crippen LogP contribution in [0.5, 0.6) is 0 Å². The number of carboxylic acid groups (broad SMARTS) is 1. The first-order chi connectivity index (χ1) is 10.9. The molecule has 0 saturated heterocycles. The highest BCUT2D eigenvalue weighted by atomic mass is 16.5. The van der Waals surface area contributed by atoms with Crippen molar-refractivity contribution in [1.82, 2.24) is 10.5 Å². The van der Waals surface area contributed by atoms with Crippen molar-refractivity contribution in [2.75, 3.05) is 0 Å². The smallest absolute Gasteiger partial charge is 0.335 e. The highest BCUT2D eigenvalue weighted by Crippen LogP contribution is 2.20. The van der Waals surface area contributed by atoms with Crippen molar-refractivity contribution >= 4 is 18.0 Å². The highest BCUT2D eigenvalue weighted by molar-refractivity contribution is 5.92. The number of carbonyl (C=O) groups excluding carboxylic acids is 1. The molecule has 2 rings (SSSR count). The Hall–Kier alpha value is -2.89. The minimum Gasteiger partial charge on any atom is -0.478 e. The minimum atomic E-state index is -0.980. The molecule has 0 fully saturated rings. The maximum Gasteiger partial charge on any atom is 0.335 e. The number of carbonyl (C=O) groups is 2. The predicted octanol–water partition coefficient (Wildman–Crippen LogP) is 2.88. The lowest BCUT2D eigenvalue weighted by Crippen LogP contribution is -2.25. The molecule has 0 radical (unpaired) electrons.